The van der Waals surface area contributed by atoms with E-state index in [0.29, 0.717) is 23.4 Å². The van der Waals surface area contributed by atoms with E-state index in [2.05, 4.69) is 15.3 Å². The maximum atomic E-state index is 11.7. The van der Waals surface area contributed by atoms with Crippen LogP contribution in [0.1, 0.15) is 12.0 Å². The average Bonchev–Trinajstić information content (AvgIpc) is 2.92. The smallest absolute Gasteiger partial charge is 0.225 e. The lowest BCUT2D eigenvalue weighted by Crippen LogP contribution is -2.12. The maximum Gasteiger partial charge on any atom is 0.225 e. The minimum absolute atomic E-state index is 0.0749. The first kappa shape index (κ1) is 13.2. The molecule has 0 aliphatic heterocycles. The van der Waals surface area contributed by atoms with Gasteiger partial charge in [-0.2, -0.15) is 5.26 Å². The van der Waals surface area contributed by atoms with Gasteiger partial charge in [-0.25, -0.2) is 4.98 Å². The topological polar surface area (TPSA) is 81.6 Å². The first-order valence-electron chi connectivity index (χ1n) is 5.70. The second-order valence-corrected chi connectivity index (χ2v) is 4.82. The van der Waals surface area contributed by atoms with Gasteiger partial charge in [0, 0.05) is 30.3 Å². The minimum Gasteiger partial charge on any atom is -0.340 e. The maximum absolute atomic E-state index is 11.7. The SMILES string of the molecule is N#Cc1cccc(NC(=O)CCSc2ncc[nH]2)c1. The number of H-pyrrole nitrogens is 1. The third-order valence-corrected chi connectivity index (χ3v) is 3.22. The van der Waals surface area contributed by atoms with Gasteiger partial charge in [0.2, 0.25) is 5.91 Å². The van der Waals surface area contributed by atoms with Crippen LogP contribution < -0.4 is 5.32 Å². The summed E-state index contributed by atoms with van der Waals surface area (Å²) in [5.74, 6) is 0.575. The molecule has 0 bridgehead atoms. The molecule has 5 nitrogen and oxygen atoms in total. The highest BCUT2D eigenvalue weighted by atomic mass is 32.2. The predicted octanol–water partition coefficient (Wildman–Crippen LogP) is 2.40. The van der Waals surface area contributed by atoms with Crippen molar-refractivity contribution < 1.29 is 4.79 Å². The van der Waals surface area contributed by atoms with Gasteiger partial charge < -0.3 is 10.3 Å². The van der Waals surface area contributed by atoms with Gasteiger partial charge in [-0.15, -0.1) is 0 Å². The lowest BCUT2D eigenvalue weighted by Gasteiger charge is -2.04. The Kier molecular flexibility index (Phi) is 4.59. The molecule has 0 fully saturated rings. The summed E-state index contributed by atoms with van der Waals surface area (Å²) < 4.78 is 0. The quantitative estimate of drug-likeness (QED) is 0.819. The number of hydrogen-bond acceptors (Lipinski definition) is 4. The molecule has 1 amide bonds. The molecule has 6 heteroatoms. The molecule has 19 heavy (non-hydrogen) atoms. The molecule has 0 aliphatic carbocycles. The number of nitrogens with zero attached hydrogens (tertiary/aromatic N) is 2. The molecule has 0 saturated carbocycles. The van der Waals surface area contributed by atoms with Gasteiger partial charge in [-0.05, 0) is 18.2 Å². The Hall–Kier alpha value is -2.26. The molecule has 0 atom stereocenters. The molecule has 2 aromatic rings. The molecule has 96 valence electrons. The van der Waals surface area contributed by atoms with Crippen LogP contribution in [-0.4, -0.2) is 21.6 Å². The second kappa shape index (κ2) is 6.61. The number of carbonyl (C=O) groups is 1. The zero-order valence-corrected chi connectivity index (χ0v) is 10.9. The molecule has 0 unspecified atom stereocenters. The van der Waals surface area contributed by atoms with Crippen molar-refractivity contribution in [1.82, 2.24) is 9.97 Å². The normalized spacial score (nSPS) is 9.84. The van der Waals surface area contributed by atoms with Gasteiger partial charge in [0.05, 0.1) is 11.6 Å². The van der Waals surface area contributed by atoms with Crippen LogP contribution in [0, 0.1) is 11.3 Å². The van der Waals surface area contributed by atoms with Crippen molar-refractivity contribution in [3.05, 3.63) is 42.2 Å². The van der Waals surface area contributed by atoms with Crippen LogP contribution in [0.5, 0.6) is 0 Å². The fraction of sp³-hybridized carbons (Fsp3) is 0.154. The lowest BCUT2D eigenvalue weighted by atomic mass is 10.2. The van der Waals surface area contributed by atoms with Crippen LogP contribution in [0.4, 0.5) is 5.69 Å². The monoisotopic (exact) mass is 272 g/mol. The molecular formula is C13H12N4OS. The number of benzene rings is 1. The fourth-order valence-electron chi connectivity index (χ4n) is 1.46. The Morgan fingerprint density at radius 1 is 1.53 bits per heavy atom. The second-order valence-electron chi connectivity index (χ2n) is 3.73. The number of carbonyl (C=O) groups excluding carboxylic acids is 1. The lowest BCUT2D eigenvalue weighted by molar-refractivity contribution is -0.115. The molecular weight excluding hydrogens is 260 g/mol. The van der Waals surface area contributed by atoms with Crippen LogP contribution >= 0.6 is 11.8 Å². The van der Waals surface area contributed by atoms with E-state index in [1.165, 1.54) is 11.8 Å². The minimum atomic E-state index is -0.0749. The standard InChI is InChI=1S/C13H12N4OS/c14-9-10-2-1-3-11(8-10)17-12(18)4-7-19-13-15-5-6-16-13/h1-3,5-6,8H,4,7H2,(H,15,16)(H,17,18). The van der Waals surface area contributed by atoms with E-state index in [1.54, 1.807) is 36.7 Å². The highest BCUT2D eigenvalue weighted by molar-refractivity contribution is 7.99. The van der Waals surface area contributed by atoms with Gasteiger partial charge in [0.1, 0.15) is 0 Å². The Morgan fingerprint density at radius 2 is 2.42 bits per heavy atom. The zero-order valence-electron chi connectivity index (χ0n) is 10.1. The van der Waals surface area contributed by atoms with E-state index in [4.69, 9.17) is 5.26 Å². The van der Waals surface area contributed by atoms with Gasteiger partial charge >= 0.3 is 0 Å². The van der Waals surface area contributed by atoms with Gasteiger partial charge in [0.25, 0.3) is 0 Å². The number of nitriles is 1. The van der Waals surface area contributed by atoms with Gasteiger partial charge in [-0.1, -0.05) is 17.8 Å². The van der Waals surface area contributed by atoms with Crippen molar-refractivity contribution in [3.63, 3.8) is 0 Å². The zero-order chi connectivity index (χ0) is 13.5. The van der Waals surface area contributed by atoms with E-state index in [1.807, 2.05) is 6.07 Å². The summed E-state index contributed by atoms with van der Waals surface area (Å²) in [6.45, 7) is 0. The van der Waals surface area contributed by atoms with E-state index < -0.39 is 0 Å². The van der Waals surface area contributed by atoms with Crippen molar-refractivity contribution in [2.75, 3.05) is 11.1 Å². The van der Waals surface area contributed by atoms with Crippen molar-refractivity contribution in [1.29, 1.82) is 5.26 Å². The molecule has 0 spiro atoms. The number of imidazole rings is 1. The number of thioether (sulfide) groups is 1. The molecule has 1 aromatic heterocycles. The van der Waals surface area contributed by atoms with Gasteiger partial charge in [0.15, 0.2) is 5.16 Å². The molecule has 2 rings (SSSR count). The third-order valence-electron chi connectivity index (χ3n) is 2.32. The highest BCUT2D eigenvalue weighted by Crippen LogP contribution is 2.14. The van der Waals surface area contributed by atoms with Crippen molar-refractivity contribution >= 4 is 23.4 Å². The van der Waals surface area contributed by atoms with Crippen molar-refractivity contribution in [3.8, 4) is 6.07 Å². The summed E-state index contributed by atoms with van der Waals surface area (Å²) in [6, 6.07) is 8.89. The molecule has 0 saturated heterocycles. The third kappa shape index (κ3) is 4.16. The molecule has 1 heterocycles. The number of rotatable bonds is 5. The molecule has 0 aliphatic rings. The summed E-state index contributed by atoms with van der Waals surface area (Å²) in [5.41, 5.74) is 1.18. The Bertz CT molecular complexity index is 589. The summed E-state index contributed by atoms with van der Waals surface area (Å²) in [7, 11) is 0. The Balaban J connectivity index is 1.79. The van der Waals surface area contributed by atoms with Crippen LogP contribution in [-0.2, 0) is 4.79 Å². The summed E-state index contributed by atoms with van der Waals surface area (Å²) >= 11 is 1.49. The van der Waals surface area contributed by atoms with Crippen molar-refractivity contribution in [2.24, 2.45) is 0 Å². The molecule has 1 aromatic carbocycles. The fourth-order valence-corrected chi connectivity index (χ4v) is 2.23. The predicted molar refractivity (Wildman–Crippen MR) is 73.7 cm³/mol. The average molecular weight is 272 g/mol. The summed E-state index contributed by atoms with van der Waals surface area (Å²) in [6.07, 6.45) is 3.81. The number of amides is 1. The van der Waals surface area contributed by atoms with E-state index in [9.17, 15) is 4.79 Å². The Morgan fingerprint density at radius 3 is 3.16 bits per heavy atom. The van der Waals surface area contributed by atoms with E-state index in [-0.39, 0.29) is 5.91 Å². The number of nitrogens with one attached hydrogen (secondary N) is 2. The van der Waals surface area contributed by atoms with Crippen LogP contribution in [0.2, 0.25) is 0 Å². The molecule has 2 N–H and O–H groups in total. The summed E-state index contributed by atoms with van der Waals surface area (Å²) in [4.78, 5) is 18.7. The van der Waals surface area contributed by atoms with E-state index in [0.717, 1.165) is 5.16 Å². The van der Waals surface area contributed by atoms with Crippen LogP contribution in [0.3, 0.4) is 0 Å². The Labute approximate surface area is 115 Å². The number of aromatic amines is 1. The van der Waals surface area contributed by atoms with Gasteiger partial charge in [-0.3, -0.25) is 4.79 Å². The number of anilines is 1. The number of hydrogen-bond donors (Lipinski definition) is 2. The molecule has 0 radical (unpaired) electrons. The first-order chi connectivity index (χ1) is 9.28. The first-order valence-corrected chi connectivity index (χ1v) is 6.68. The number of aromatic nitrogens is 2. The summed E-state index contributed by atoms with van der Waals surface area (Å²) in [5, 5.41) is 12.3. The van der Waals surface area contributed by atoms with Crippen molar-refractivity contribution in [2.45, 2.75) is 11.6 Å². The van der Waals surface area contributed by atoms with Crippen LogP contribution in [0.15, 0.2) is 41.8 Å². The highest BCUT2D eigenvalue weighted by Gasteiger charge is 2.04. The van der Waals surface area contributed by atoms with Crippen LogP contribution in [0.25, 0.3) is 0 Å². The largest absolute Gasteiger partial charge is 0.340 e. The van der Waals surface area contributed by atoms with E-state index >= 15 is 0 Å².